The Labute approximate surface area is 120 Å². The van der Waals surface area contributed by atoms with Gasteiger partial charge in [0.25, 0.3) is 5.91 Å². The van der Waals surface area contributed by atoms with Crippen molar-refractivity contribution >= 4 is 5.91 Å². The number of likely N-dealkylation sites (N-methyl/N-ethyl adjacent to an activating group) is 1. The van der Waals surface area contributed by atoms with Gasteiger partial charge in [0.1, 0.15) is 5.75 Å². The summed E-state index contributed by atoms with van der Waals surface area (Å²) in [6.07, 6.45) is 1.67. The fourth-order valence-electron chi connectivity index (χ4n) is 1.68. The van der Waals surface area contributed by atoms with Gasteiger partial charge in [-0.05, 0) is 37.1 Å². The molecule has 1 aromatic rings. The van der Waals surface area contributed by atoms with Crippen LogP contribution in [0.1, 0.15) is 12.0 Å². The number of carbonyl (C=O) groups excluding carboxylic acids is 1. The zero-order valence-corrected chi connectivity index (χ0v) is 12.3. The van der Waals surface area contributed by atoms with Crippen molar-refractivity contribution in [1.82, 2.24) is 4.90 Å². The summed E-state index contributed by atoms with van der Waals surface area (Å²) in [5.74, 6) is 0.661. The Bertz CT molecular complexity index is 393. The maximum atomic E-state index is 11.8. The Morgan fingerprint density at radius 3 is 2.60 bits per heavy atom. The van der Waals surface area contributed by atoms with Crippen LogP contribution in [0.3, 0.4) is 0 Å². The molecule has 0 radical (unpaired) electrons. The highest BCUT2D eigenvalue weighted by atomic mass is 16.5. The first kappa shape index (κ1) is 16.5. The topological polar surface area (TPSA) is 64.8 Å². The van der Waals surface area contributed by atoms with E-state index in [0.717, 1.165) is 12.8 Å². The normalized spacial score (nSPS) is 10.3. The number of methoxy groups -OCH3 is 1. The zero-order valence-electron chi connectivity index (χ0n) is 12.3. The van der Waals surface area contributed by atoms with E-state index in [1.807, 2.05) is 24.3 Å². The molecule has 20 heavy (non-hydrogen) atoms. The van der Waals surface area contributed by atoms with Gasteiger partial charge in [0.05, 0.1) is 6.61 Å². The summed E-state index contributed by atoms with van der Waals surface area (Å²) in [7, 11) is 3.44. The number of amides is 1. The molecule has 5 heteroatoms. The summed E-state index contributed by atoms with van der Waals surface area (Å²) in [6.45, 7) is 2.00. The van der Waals surface area contributed by atoms with Crippen molar-refractivity contribution in [3.05, 3.63) is 29.8 Å². The lowest BCUT2D eigenvalue weighted by Crippen LogP contribution is -2.33. The van der Waals surface area contributed by atoms with E-state index in [2.05, 4.69) is 0 Å². The molecule has 0 bridgehead atoms. The molecule has 1 rings (SSSR count). The van der Waals surface area contributed by atoms with Gasteiger partial charge in [-0.3, -0.25) is 4.79 Å². The molecule has 0 atom stereocenters. The second kappa shape index (κ2) is 9.34. The maximum absolute atomic E-state index is 11.8. The van der Waals surface area contributed by atoms with Crippen molar-refractivity contribution < 1.29 is 14.3 Å². The number of hydrogen-bond acceptors (Lipinski definition) is 4. The molecular formula is C15H24N2O3. The van der Waals surface area contributed by atoms with Crippen LogP contribution < -0.4 is 10.5 Å². The average molecular weight is 280 g/mol. The molecule has 1 aromatic carbocycles. The first-order valence-electron chi connectivity index (χ1n) is 6.82. The third kappa shape index (κ3) is 6.04. The van der Waals surface area contributed by atoms with Crippen molar-refractivity contribution in [2.24, 2.45) is 5.73 Å². The van der Waals surface area contributed by atoms with E-state index in [1.165, 1.54) is 5.56 Å². The van der Waals surface area contributed by atoms with Crippen LogP contribution in [0.5, 0.6) is 5.75 Å². The molecule has 1 amide bonds. The SMILES string of the molecule is COCCc1ccc(OCC(=O)N(C)CCCN)cc1. The summed E-state index contributed by atoms with van der Waals surface area (Å²) in [6, 6.07) is 7.71. The van der Waals surface area contributed by atoms with Gasteiger partial charge in [-0.25, -0.2) is 0 Å². The molecule has 0 aliphatic carbocycles. The van der Waals surface area contributed by atoms with E-state index in [9.17, 15) is 4.79 Å². The standard InChI is InChI=1S/C15H24N2O3/c1-17(10-3-9-16)15(18)12-20-14-6-4-13(5-7-14)8-11-19-2/h4-7H,3,8-12,16H2,1-2H3. The summed E-state index contributed by atoms with van der Waals surface area (Å²) in [5.41, 5.74) is 6.60. The smallest absolute Gasteiger partial charge is 0.260 e. The van der Waals surface area contributed by atoms with Gasteiger partial charge in [0, 0.05) is 20.7 Å². The van der Waals surface area contributed by atoms with Crippen LogP contribution in [-0.2, 0) is 16.0 Å². The van der Waals surface area contributed by atoms with E-state index < -0.39 is 0 Å². The molecule has 0 unspecified atom stereocenters. The minimum Gasteiger partial charge on any atom is -0.484 e. The highest BCUT2D eigenvalue weighted by molar-refractivity contribution is 5.77. The van der Waals surface area contributed by atoms with Gasteiger partial charge in [-0.1, -0.05) is 12.1 Å². The minimum atomic E-state index is -0.0399. The highest BCUT2D eigenvalue weighted by Gasteiger charge is 2.08. The van der Waals surface area contributed by atoms with Crippen molar-refractivity contribution in [2.45, 2.75) is 12.8 Å². The second-order valence-corrected chi connectivity index (χ2v) is 4.63. The van der Waals surface area contributed by atoms with Crippen molar-refractivity contribution in [1.29, 1.82) is 0 Å². The minimum absolute atomic E-state index is 0.0399. The van der Waals surface area contributed by atoms with E-state index in [0.29, 0.717) is 25.4 Å². The first-order valence-corrected chi connectivity index (χ1v) is 6.82. The molecule has 0 aromatic heterocycles. The molecule has 0 fully saturated rings. The Kier molecular flexibility index (Phi) is 7.69. The summed E-state index contributed by atoms with van der Waals surface area (Å²) >= 11 is 0. The Balaban J connectivity index is 2.35. The van der Waals surface area contributed by atoms with Gasteiger partial charge in [0.15, 0.2) is 6.61 Å². The third-order valence-electron chi connectivity index (χ3n) is 3.00. The van der Waals surface area contributed by atoms with Gasteiger partial charge in [0.2, 0.25) is 0 Å². The Morgan fingerprint density at radius 1 is 1.30 bits per heavy atom. The predicted octanol–water partition coefficient (Wildman–Crippen LogP) is 1.06. The lowest BCUT2D eigenvalue weighted by Gasteiger charge is -2.17. The molecule has 0 saturated heterocycles. The van der Waals surface area contributed by atoms with Crippen LogP contribution in [0.25, 0.3) is 0 Å². The fourth-order valence-corrected chi connectivity index (χ4v) is 1.68. The molecule has 0 spiro atoms. The van der Waals surface area contributed by atoms with Crippen LogP contribution in [0, 0.1) is 0 Å². The molecular weight excluding hydrogens is 256 g/mol. The quantitative estimate of drug-likeness (QED) is 0.734. The van der Waals surface area contributed by atoms with Gasteiger partial charge >= 0.3 is 0 Å². The zero-order chi connectivity index (χ0) is 14.8. The summed E-state index contributed by atoms with van der Waals surface area (Å²) in [5, 5.41) is 0. The van der Waals surface area contributed by atoms with Crippen molar-refractivity contribution in [3.8, 4) is 5.75 Å². The van der Waals surface area contributed by atoms with Crippen LogP contribution in [0.15, 0.2) is 24.3 Å². The number of nitrogens with two attached hydrogens (primary N) is 1. The maximum Gasteiger partial charge on any atom is 0.260 e. The van der Waals surface area contributed by atoms with Crippen molar-refractivity contribution in [3.63, 3.8) is 0 Å². The molecule has 2 N–H and O–H groups in total. The third-order valence-corrected chi connectivity index (χ3v) is 3.00. The Morgan fingerprint density at radius 2 is 2.00 bits per heavy atom. The van der Waals surface area contributed by atoms with E-state index >= 15 is 0 Å². The highest BCUT2D eigenvalue weighted by Crippen LogP contribution is 2.12. The van der Waals surface area contributed by atoms with Crippen LogP contribution >= 0.6 is 0 Å². The largest absolute Gasteiger partial charge is 0.484 e. The monoisotopic (exact) mass is 280 g/mol. The molecule has 0 heterocycles. The lowest BCUT2D eigenvalue weighted by molar-refractivity contribution is -0.132. The fraction of sp³-hybridized carbons (Fsp3) is 0.533. The van der Waals surface area contributed by atoms with Gasteiger partial charge < -0.3 is 20.1 Å². The number of carbonyl (C=O) groups is 1. The lowest BCUT2D eigenvalue weighted by atomic mass is 10.1. The number of benzene rings is 1. The number of hydrogen-bond donors (Lipinski definition) is 1. The van der Waals surface area contributed by atoms with Gasteiger partial charge in [-0.2, -0.15) is 0 Å². The first-order chi connectivity index (χ1) is 9.67. The van der Waals surface area contributed by atoms with E-state index in [1.54, 1.807) is 19.1 Å². The number of ether oxygens (including phenoxy) is 2. The Hall–Kier alpha value is -1.59. The van der Waals surface area contributed by atoms with E-state index in [4.69, 9.17) is 15.2 Å². The van der Waals surface area contributed by atoms with Crippen LogP contribution in [0.4, 0.5) is 0 Å². The number of nitrogens with zero attached hydrogens (tertiary/aromatic N) is 1. The van der Waals surface area contributed by atoms with E-state index in [-0.39, 0.29) is 12.5 Å². The molecule has 0 saturated carbocycles. The molecule has 112 valence electrons. The number of rotatable bonds is 9. The average Bonchev–Trinajstić information content (AvgIpc) is 2.49. The molecule has 5 nitrogen and oxygen atoms in total. The molecule has 0 aliphatic rings. The summed E-state index contributed by atoms with van der Waals surface area (Å²) < 4.78 is 10.5. The van der Waals surface area contributed by atoms with Gasteiger partial charge in [-0.15, -0.1) is 0 Å². The van der Waals surface area contributed by atoms with Crippen LogP contribution in [-0.4, -0.2) is 51.3 Å². The second-order valence-electron chi connectivity index (χ2n) is 4.63. The van der Waals surface area contributed by atoms with Crippen molar-refractivity contribution in [2.75, 3.05) is 40.5 Å². The molecule has 0 aliphatic heterocycles. The summed E-state index contributed by atoms with van der Waals surface area (Å²) in [4.78, 5) is 13.4. The van der Waals surface area contributed by atoms with Crippen LogP contribution in [0.2, 0.25) is 0 Å². The predicted molar refractivity (Wildman–Crippen MR) is 78.8 cm³/mol.